The zero-order valence-electron chi connectivity index (χ0n) is 19.2. The third-order valence-electron chi connectivity index (χ3n) is 6.22. The molecule has 1 saturated carbocycles. The largest absolute Gasteiger partial charge is 0.462 e. The van der Waals surface area contributed by atoms with Crippen LogP contribution in [0.25, 0.3) is 22.0 Å². The van der Waals surface area contributed by atoms with Gasteiger partial charge in [-0.2, -0.15) is 0 Å². The molecule has 0 bridgehead atoms. The lowest BCUT2D eigenvalue weighted by Crippen LogP contribution is -2.23. The lowest BCUT2D eigenvalue weighted by molar-refractivity contribution is -0.116. The smallest absolute Gasteiger partial charge is 0.343 e. The summed E-state index contributed by atoms with van der Waals surface area (Å²) >= 11 is 0. The summed E-state index contributed by atoms with van der Waals surface area (Å²) in [4.78, 5) is 38.9. The van der Waals surface area contributed by atoms with E-state index in [9.17, 15) is 14.4 Å². The predicted octanol–water partition coefficient (Wildman–Crippen LogP) is 4.78. The number of anilines is 1. The standard InChI is InChI=1S/C26H28N2O4/c1-6-32-26(31)22-14-28(19-8-9-19)24-16(3)20(10-11-21(24)25(22)30)18-7-12-23(15(2)13-18)27(5)17(4)29/h7,10-14,19H,6,8-9H2,1-5H3. The van der Waals surface area contributed by atoms with Gasteiger partial charge >= 0.3 is 5.97 Å². The molecule has 0 atom stereocenters. The van der Waals surface area contributed by atoms with Crippen molar-refractivity contribution < 1.29 is 14.3 Å². The lowest BCUT2D eigenvalue weighted by atomic mass is 9.95. The molecule has 0 aliphatic heterocycles. The van der Waals surface area contributed by atoms with E-state index in [1.807, 2.05) is 38.1 Å². The molecule has 0 N–H and O–H groups in total. The topological polar surface area (TPSA) is 68.6 Å². The molecule has 0 radical (unpaired) electrons. The number of nitrogens with zero attached hydrogens (tertiary/aromatic N) is 2. The zero-order valence-corrected chi connectivity index (χ0v) is 19.2. The van der Waals surface area contributed by atoms with Crippen LogP contribution in [0.4, 0.5) is 5.69 Å². The van der Waals surface area contributed by atoms with Crippen molar-refractivity contribution >= 4 is 28.5 Å². The quantitative estimate of drug-likeness (QED) is 0.544. The van der Waals surface area contributed by atoms with Crippen molar-refractivity contribution in [3.05, 3.63) is 63.4 Å². The van der Waals surface area contributed by atoms with Gasteiger partial charge in [-0.3, -0.25) is 9.59 Å². The van der Waals surface area contributed by atoms with Crippen molar-refractivity contribution in [1.29, 1.82) is 0 Å². The van der Waals surface area contributed by atoms with Gasteiger partial charge < -0.3 is 14.2 Å². The van der Waals surface area contributed by atoms with Crippen LogP contribution >= 0.6 is 0 Å². The molecule has 32 heavy (non-hydrogen) atoms. The molecule has 1 aliphatic carbocycles. The Kier molecular flexibility index (Phi) is 5.63. The molecule has 1 amide bonds. The summed E-state index contributed by atoms with van der Waals surface area (Å²) in [7, 11) is 1.76. The maximum Gasteiger partial charge on any atom is 0.343 e. The van der Waals surface area contributed by atoms with Crippen molar-refractivity contribution in [2.24, 2.45) is 0 Å². The fourth-order valence-corrected chi connectivity index (χ4v) is 4.30. The second-order valence-electron chi connectivity index (χ2n) is 8.44. The summed E-state index contributed by atoms with van der Waals surface area (Å²) in [5, 5.41) is 0.536. The first kappa shape index (κ1) is 21.8. The second kappa shape index (κ2) is 8.26. The Morgan fingerprint density at radius 1 is 1.16 bits per heavy atom. The Balaban J connectivity index is 1.90. The minimum Gasteiger partial charge on any atom is -0.462 e. The summed E-state index contributed by atoms with van der Waals surface area (Å²) in [5.74, 6) is -0.593. The minimum absolute atomic E-state index is 0.0198. The van der Waals surface area contributed by atoms with Gasteiger partial charge in [-0.1, -0.05) is 12.1 Å². The maximum absolute atomic E-state index is 13.1. The molecule has 4 rings (SSSR count). The number of benzene rings is 2. The minimum atomic E-state index is -0.573. The van der Waals surface area contributed by atoms with Crippen LogP contribution in [0.2, 0.25) is 0 Å². The molecule has 2 aromatic carbocycles. The number of aryl methyl sites for hydroxylation is 2. The van der Waals surface area contributed by atoms with Gasteiger partial charge in [0, 0.05) is 37.3 Å². The summed E-state index contributed by atoms with van der Waals surface area (Å²) in [5.41, 5.74) is 5.57. The molecule has 1 heterocycles. The molecular weight excluding hydrogens is 404 g/mol. The van der Waals surface area contributed by atoms with E-state index in [-0.39, 0.29) is 29.5 Å². The van der Waals surface area contributed by atoms with Gasteiger partial charge in [0.25, 0.3) is 0 Å². The van der Waals surface area contributed by atoms with Crippen molar-refractivity contribution in [1.82, 2.24) is 4.57 Å². The molecule has 0 unspecified atom stereocenters. The Labute approximate surface area is 187 Å². The van der Waals surface area contributed by atoms with Gasteiger partial charge in [-0.05, 0) is 74.1 Å². The Morgan fingerprint density at radius 2 is 1.88 bits per heavy atom. The summed E-state index contributed by atoms with van der Waals surface area (Å²) in [6.45, 7) is 7.51. The van der Waals surface area contributed by atoms with Crippen LogP contribution in [0.3, 0.4) is 0 Å². The number of amides is 1. The van der Waals surface area contributed by atoms with Gasteiger partial charge in [-0.15, -0.1) is 0 Å². The first-order chi connectivity index (χ1) is 15.2. The Morgan fingerprint density at radius 3 is 2.47 bits per heavy atom. The van der Waals surface area contributed by atoms with Gasteiger partial charge in [0.05, 0.1) is 12.1 Å². The Bertz CT molecular complexity index is 1300. The fraction of sp³-hybridized carbons (Fsp3) is 0.346. The molecule has 166 valence electrons. The number of fused-ring (bicyclic) bond motifs is 1. The average Bonchev–Trinajstić information content (AvgIpc) is 3.59. The molecular formula is C26H28N2O4. The highest BCUT2D eigenvalue weighted by atomic mass is 16.5. The van der Waals surface area contributed by atoms with E-state index in [4.69, 9.17) is 4.74 Å². The van der Waals surface area contributed by atoms with Gasteiger partial charge in [-0.25, -0.2) is 4.79 Å². The highest BCUT2D eigenvalue weighted by Crippen LogP contribution is 2.39. The SMILES string of the molecule is CCOC(=O)c1cn(C2CC2)c2c(C)c(-c3ccc(N(C)C(C)=O)c(C)c3)ccc2c1=O. The molecule has 1 aromatic heterocycles. The van der Waals surface area contributed by atoms with E-state index < -0.39 is 5.97 Å². The number of rotatable bonds is 5. The summed E-state index contributed by atoms with van der Waals surface area (Å²) in [6, 6.07) is 10.1. The van der Waals surface area contributed by atoms with E-state index in [2.05, 4.69) is 10.6 Å². The number of hydrogen-bond acceptors (Lipinski definition) is 4. The first-order valence-electron chi connectivity index (χ1n) is 11.0. The average molecular weight is 433 g/mol. The van der Waals surface area contributed by atoms with Crippen molar-refractivity contribution in [3.8, 4) is 11.1 Å². The molecule has 0 saturated heterocycles. The van der Waals surface area contributed by atoms with E-state index >= 15 is 0 Å². The van der Waals surface area contributed by atoms with E-state index in [1.165, 1.54) is 0 Å². The van der Waals surface area contributed by atoms with Gasteiger partial charge in [0.2, 0.25) is 11.3 Å². The molecule has 6 heteroatoms. The number of carbonyl (C=O) groups is 2. The lowest BCUT2D eigenvalue weighted by Gasteiger charge is -2.20. The van der Waals surface area contributed by atoms with Gasteiger partial charge in [0.1, 0.15) is 5.56 Å². The van der Waals surface area contributed by atoms with Crippen molar-refractivity contribution in [2.45, 2.75) is 46.6 Å². The molecule has 0 spiro atoms. The molecule has 1 aliphatic rings. The van der Waals surface area contributed by atoms with Crippen molar-refractivity contribution in [3.63, 3.8) is 0 Å². The third-order valence-corrected chi connectivity index (χ3v) is 6.22. The normalized spacial score (nSPS) is 13.3. The molecule has 6 nitrogen and oxygen atoms in total. The van der Waals surface area contributed by atoms with E-state index in [0.29, 0.717) is 5.39 Å². The number of aromatic nitrogens is 1. The monoisotopic (exact) mass is 432 g/mol. The maximum atomic E-state index is 13.1. The number of carbonyl (C=O) groups excluding carboxylic acids is 2. The molecule has 3 aromatic rings. The highest BCUT2D eigenvalue weighted by molar-refractivity contribution is 5.97. The second-order valence-corrected chi connectivity index (χ2v) is 8.44. The van der Waals surface area contributed by atoms with Crippen LogP contribution in [-0.4, -0.2) is 30.1 Å². The van der Waals surface area contributed by atoms with Gasteiger partial charge in [0.15, 0.2) is 0 Å². The van der Waals surface area contributed by atoms with Crippen molar-refractivity contribution in [2.75, 3.05) is 18.6 Å². The number of hydrogen-bond donors (Lipinski definition) is 0. The summed E-state index contributed by atoms with van der Waals surface area (Å²) < 4.78 is 7.19. The number of esters is 1. The Hall–Kier alpha value is -3.41. The number of pyridine rings is 1. The van der Waals surface area contributed by atoms with E-state index in [0.717, 1.165) is 46.3 Å². The van der Waals surface area contributed by atoms with Crippen LogP contribution in [0.15, 0.2) is 41.3 Å². The number of ether oxygens (including phenoxy) is 1. The van der Waals surface area contributed by atoms with Crippen LogP contribution in [0.1, 0.15) is 54.2 Å². The first-order valence-corrected chi connectivity index (χ1v) is 11.0. The predicted molar refractivity (Wildman–Crippen MR) is 126 cm³/mol. The third kappa shape index (κ3) is 3.70. The highest BCUT2D eigenvalue weighted by Gasteiger charge is 2.28. The van der Waals surface area contributed by atoms with Crippen LogP contribution in [0, 0.1) is 13.8 Å². The van der Waals surface area contributed by atoms with Crippen LogP contribution in [-0.2, 0) is 9.53 Å². The van der Waals surface area contributed by atoms with Crippen LogP contribution < -0.4 is 10.3 Å². The fourth-order valence-electron chi connectivity index (χ4n) is 4.30. The van der Waals surface area contributed by atoms with Crippen LogP contribution in [0.5, 0.6) is 0 Å². The molecule has 1 fully saturated rings. The van der Waals surface area contributed by atoms with E-state index in [1.54, 1.807) is 32.0 Å². The zero-order chi connectivity index (χ0) is 23.2. The summed E-state index contributed by atoms with van der Waals surface area (Å²) in [6.07, 6.45) is 3.72.